The average molecular weight is 413 g/mol. The largest absolute Gasteiger partial charge is 0.488 e. The molecule has 2 aliphatic heterocycles. The summed E-state index contributed by atoms with van der Waals surface area (Å²) < 4.78 is 32.0. The van der Waals surface area contributed by atoms with Gasteiger partial charge >= 0.3 is 0 Å². The molecule has 6 nitrogen and oxygen atoms in total. The van der Waals surface area contributed by atoms with Gasteiger partial charge in [-0.1, -0.05) is 0 Å². The lowest BCUT2D eigenvalue weighted by Crippen LogP contribution is -2.51. The number of anilines is 1. The van der Waals surface area contributed by atoms with E-state index in [2.05, 4.69) is 26.8 Å². The highest BCUT2D eigenvalue weighted by Crippen LogP contribution is 2.42. The zero-order chi connectivity index (χ0) is 20.9. The van der Waals surface area contributed by atoms with E-state index in [1.165, 1.54) is 0 Å². The molecule has 1 aromatic heterocycles. The molecule has 1 unspecified atom stereocenters. The van der Waals surface area contributed by atoms with E-state index >= 15 is 0 Å². The van der Waals surface area contributed by atoms with Gasteiger partial charge in [0.05, 0.1) is 23.1 Å². The zero-order valence-corrected chi connectivity index (χ0v) is 17.2. The third-order valence-electron chi connectivity index (χ3n) is 6.25. The van der Waals surface area contributed by atoms with Crippen molar-refractivity contribution in [1.29, 1.82) is 0 Å². The van der Waals surface area contributed by atoms with Crippen LogP contribution < -0.4 is 9.64 Å². The number of rotatable bonds is 6. The van der Waals surface area contributed by atoms with E-state index in [0.29, 0.717) is 26.2 Å². The van der Waals surface area contributed by atoms with Crippen molar-refractivity contribution in [1.82, 2.24) is 14.9 Å². The normalized spacial score (nSPS) is 21.0. The van der Waals surface area contributed by atoms with Gasteiger partial charge in [-0.3, -0.25) is 4.90 Å². The first-order valence-corrected chi connectivity index (χ1v) is 10.4. The number of ether oxygens (including phenoxy) is 1. The van der Waals surface area contributed by atoms with Crippen LogP contribution >= 0.6 is 0 Å². The van der Waals surface area contributed by atoms with Gasteiger partial charge in [-0.15, -0.1) is 0 Å². The van der Waals surface area contributed by atoms with E-state index < -0.39 is 12.5 Å². The highest BCUT2D eigenvalue weighted by Gasteiger charge is 2.40. The summed E-state index contributed by atoms with van der Waals surface area (Å²) >= 11 is 0. The van der Waals surface area contributed by atoms with Crippen LogP contribution in [0.15, 0.2) is 35.6 Å². The number of aromatic nitrogens is 2. The maximum absolute atomic E-state index is 13.0. The van der Waals surface area contributed by atoms with E-state index in [4.69, 9.17) is 4.74 Å². The minimum Gasteiger partial charge on any atom is -0.488 e. The Kier molecular flexibility index (Phi) is 4.69. The van der Waals surface area contributed by atoms with Crippen molar-refractivity contribution >= 4 is 17.2 Å². The first-order chi connectivity index (χ1) is 14.4. The summed E-state index contributed by atoms with van der Waals surface area (Å²) in [6.45, 7) is 6.21. The molecular formula is C22H25F2N5O. The van der Waals surface area contributed by atoms with Gasteiger partial charge in [-0.05, 0) is 44.9 Å². The molecule has 1 atom stereocenters. The molecule has 1 saturated heterocycles. The van der Waals surface area contributed by atoms with Gasteiger partial charge in [-0.2, -0.15) is 0 Å². The Hall–Kier alpha value is -2.61. The summed E-state index contributed by atoms with van der Waals surface area (Å²) in [5.74, 6) is 1.66. The first kappa shape index (κ1) is 19.4. The molecule has 2 aromatic rings. The van der Waals surface area contributed by atoms with Crippen LogP contribution in [-0.4, -0.2) is 64.8 Å². The monoisotopic (exact) mass is 413 g/mol. The molecule has 0 amide bonds. The molecule has 0 spiro atoms. The molecule has 158 valence electrons. The molecule has 3 heterocycles. The van der Waals surface area contributed by atoms with Crippen molar-refractivity contribution in [3.63, 3.8) is 0 Å². The SMILES string of the molecule is CC(C(F)F)N1CCN(c2cc(C3=Nc4ccc(OC5(C)CC5)cc43)ncn2)CC1. The molecule has 0 radical (unpaired) electrons. The minimum atomic E-state index is -2.32. The topological polar surface area (TPSA) is 53.9 Å². The van der Waals surface area contributed by atoms with E-state index in [1.807, 2.05) is 29.2 Å². The van der Waals surface area contributed by atoms with Crippen LogP contribution in [-0.2, 0) is 0 Å². The van der Waals surface area contributed by atoms with Crippen molar-refractivity contribution in [2.75, 3.05) is 31.1 Å². The Bertz CT molecular complexity index is 983. The number of hydrogen-bond acceptors (Lipinski definition) is 6. The van der Waals surface area contributed by atoms with Crippen LogP contribution in [0.3, 0.4) is 0 Å². The molecule has 1 aliphatic carbocycles. The molecule has 30 heavy (non-hydrogen) atoms. The van der Waals surface area contributed by atoms with Crippen LogP contribution in [0.25, 0.3) is 0 Å². The van der Waals surface area contributed by atoms with Crippen LogP contribution in [0, 0.1) is 0 Å². The van der Waals surface area contributed by atoms with Gasteiger partial charge in [-0.25, -0.2) is 23.7 Å². The number of nitrogens with zero attached hydrogens (tertiary/aromatic N) is 5. The standard InChI is InChI=1S/C22H25F2N5O/c1-14(21(23)24)28-7-9-29(10-8-28)19-12-18(25-13-26-19)20-16-11-15(3-4-17(16)27-20)30-22(2)5-6-22/h3-4,11-14,21H,5-10H2,1-2H3. The quantitative estimate of drug-likeness (QED) is 0.617. The minimum absolute atomic E-state index is 0.0265. The highest BCUT2D eigenvalue weighted by atomic mass is 19.3. The number of fused-ring (bicyclic) bond motifs is 1. The van der Waals surface area contributed by atoms with E-state index in [0.717, 1.165) is 47.1 Å². The molecule has 1 aromatic carbocycles. The number of aliphatic imine (C=N–C) groups is 1. The first-order valence-electron chi connectivity index (χ1n) is 10.4. The third kappa shape index (κ3) is 3.64. The van der Waals surface area contributed by atoms with Crippen LogP contribution in [0.2, 0.25) is 0 Å². The number of hydrogen-bond donors (Lipinski definition) is 0. The van der Waals surface area contributed by atoms with Crippen molar-refractivity contribution in [3.8, 4) is 5.75 Å². The molecular weight excluding hydrogens is 388 g/mol. The van der Waals surface area contributed by atoms with E-state index in [9.17, 15) is 8.78 Å². The Morgan fingerprint density at radius 3 is 2.53 bits per heavy atom. The van der Waals surface area contributed by atoms with Crippen LogP contribution in [0.5, 0.6) is 5.75 Å². The van der Waals surface area contributed by atoms with E-state index in [1.54, 1.807) is 13.3 Å². The number of piperazine rings is 1. The Balaban J connectivity index is 1.29. The van der Waals surface area contributed by atoms with Crippen molar-refractivity contribution in [2.24, 2.45) is 4.99 Å². The lowest BCUT2D eigenvalue weighted by molar-refractivity contribution is 0.0318. The Morgan fingerprint density at radius 2 is 1.83 bits per heavy atom. The summed E-state index contributed by atoms with van der Waals surface area (Å²) in [6, 6.07) is 7.19. The van der Waals surface area contributed by atoms with Gasteiger partial charge in [0.2, 0.25) is 0 Å². The third-order valence-corrected chi connectivity index (χ3v) is 6.25. The maximum atomic E-state index is 13.0. The fourth-order valence-electron chi connectivity index (χ4n) is 3.92. The van der Waals surface area contributed by atoms with E-state index in [-0.39, 0.29) is 5.60 Å². The summed E-state index contributed by atoms with van der Waals surface area (Å²) in [4.78, 5) is 17.4. The molecule has 5 rings (SSSR count). The van der Waals surface area contributed by atoms with Crippen molar-refractivity contribution in [2.45, 2.75) is 44.8 Å². The van der Waals surface area contributed by atoms with Crippen LogP contribution in [0.1, 0.15) is 37.9 Å². The zero-order valence-electron chi connectivity index (χ0n) is 17.2. The second-order valence-electron chi connectivity index (χ2n) is 8.55. The fourth-order valence-corrected chi connectivity index (χ4v) is 3.92. The maximum Gasteiger partial charge on any atom is 0.253 e. The molecule has 3 aliphatic rings. The second-order valence-corrected chi connectivity index (χ2v) is 8.55. The molecule has 2 fully saturated rings. The molecule has 0 N–H and O–H groups in total. The second kappa shape index (κ2) is 7.27. The van der Waals surface area contributed by atoms with Crippen LogP contribution in [0.4, 0.5) is 20.3 Å². The van der Waals surface area contributed by atoms with Gasteiger partial charge in [0, 0.05) is 37.8 Å². The predicted octanol–water partition coefficient (Wildman–Crippen LogP) is 3.67. The summed E-state index contributed by atoms with van der Waals surface area (Å²) in [5, 5.41) is 0. The highest BCUT2D eigenvalue weighted by molar-refractivity contribution is 6.21. The van der Waals surface area contributed by atoms with Crippen molar-refractivity contribution < 1.29 is 13.5 Å². The average Bonchev–Trinajstić information content (AvgIpc) is 3.46. The molecule has 0 bridgehead atoms. The molecule has 8 heteroatoms. The predicted molar refractivity (Wildman–Crippen MR) is 111 cm³/mol. The number of alkyl halides is 2. The summed E-state index contributed by atoms with van der Waals surface area (Å²) in [6.07, 6.45) is 1.40. The number of halogens is 2. The Morgan fingerprint density at radius 1 is 1.07 bits per heavy atom. The van der Waals surface area contributed by atoms with Gasteiger partial charge in [0.1, 0.15) is 23.5 Å². The number of benzene rings is 1. The van der Waals surface area contributed by atoms with Crippen molar-refractivity contribution in [3.05, 3.63) is 41.9 Å². The lowest BCUT2D eigenvalue weighted by Gasteiger charge is -2.38. The van der Waals surface area contributed by atoms with Gasteiger partial charge in [0.15, 0.2) is 0 Å². The fraction of sp³-hybridized carbons (Fsp3) is 0.500. The smallest absolute Gasteiger partial charge is 0.253 e. The lowest BCUT2D eigenvalue weighted by atomic mass is 9.98. The molecule has 1 saturated carbocycles. The summed E-state index contributed by atoms with van der Waals surface area (Å²) in [5.41, 5.74) is 3.56. The van der Waals surface area contributed by atoms with Gasteiger partial charge < -0.3 is 9.64 Å². The Labute approximate surface area is 174 Å². The van der Waals surface area contributed by atoms with Gasteiger partial charge in [0.25, 0.3) is 6.43 Å². The summed E-state index contributed by atoms with van der Waals surface area (Å²) in [7, 11) is 0.